The second-order valence-electron chi connectivity index (χ2n) is 6.22. The Morgan fingerprint density at radius 3 is 2.12 bits per heavy atom. The van der Waals surface area contributed by atoms with Crippen LogP contribution in [0, 0.1) is 23.2 Å². The van der Waals surface area contributed by atoms with Crippen molar-refractivity contribution in [1.82, 2.24) is 0 Å². The van der Waals surface area contributed by atoms with E-state index in [1.807, 2.05) is 0 Å². The summed E-state index contributed by atoms with van der Waals surface area (Å²) in [7, 11) is 0. The topological polar surface area (TPSA) is 0 Å². The summed E-state index contributed by atoms with van der Waals surface area (Å²) in [5, 5.41) is 0. The Bertz CT molecular complexity index is 196. The van der Waals surface area contributed by atoms with E-state index in [0.29, 0.717) is 5.41 Å². The van der Waals surface area contributed by atoms with E-state index >= 15 is 0 Å². The van der Waals surface area contributed by atoms with Gasteiger partial charge in [-0.1, -0.05) is 66.7 Å². The van der Waals surface area contributed by atoms with Crippen molar-refractivity contribution in [3.8, 4) is 0 Å². The molecule has 4 atom stereocenters. The van der Waals surface area contributed by atoms with Gasteiger partial charge in [-0.25, -0.2) is 0 Å². The van der Waals surface area contributed by atoms with Crippen LogP contribution in [-0.4, -0.2) is 0 Å². The molecular formula is C16H32. The van der Waals surface area contributed by atoms with Crippen LogP contribution in [-0.2, 0) is 0 Å². The van der Waals surface area contributed by atoms with E-state index in [4.69, 9.17) is 0 Å². The zero-order valence-electron chi connectivity index (χ0n) is 12.2. The fourth-order valence-electron chi connectivity index (χ4n) is 4.12. The molecule has 1 aliphatic carbocycles. The van der Waals surface area contributed by atoms with E-state index in [2.05, 4.69) is 34.6 Å². The summed E-state index contributed by atoms with van der Waals surface area (Å²) in [6.45, 7) is 12.1. The molecule has 0 bridgehead atoms. The van der Waals surface area contributed by atoms with Gasteiger partial charge in [0.1, 0.15) is 0 Å². The summed E-state index contributed by atoms with van der Waals surface area (Å²) >= 11 is 0. The van der Waals surface area contributed by atoms with Gasteiger partial charge in [-0.05, 0) is 36.0 Å². The van der Waals surface area contributed by atoms with Crippen molar-refractivity contribution in [1.29, 1.82) is 0 Å². The molecule has 0 aromatic carbocycles. The van der Waals surface area contributed by atoms with Gasteiger partial charge in [0.25, 0.3) is 0 Å². The van der Waals surface area contributed by atoms with Gasteiger partial charge in [-0.3, -0.25) is 0 Å². The molecule has 1 rings (SSSR count). The average Bonchev–Trinajstić information content (AvgIpc) is 2.30. The SMILES string of the molecule is CCCCC1C(CC)C(C)C1(C)CCCC. The van der Waals surface area contributed by atoms with E-state index < -0.39 is 0 Å². The molecule has 0 radical (unpaired) electrons. The Morgan fingerprint density at radius 1 is 1.00 bits per heavy atom. The smallest absolute Gasteiger partial charge is 0.0266 e. The molecule has 16 heavy (non-hydrogen) atoms. The summed E-state index contributed by atoms with van der Waals surface area (Å²) in [6.07, 6.45) is 9.95. The maximum absolute atomic E-state index is 2.57. The van der Waals surface area contributed by atoms with Crippen LogP contribution in [0.3, 0.4) is 0 Å². The third-order valence-electron chi connectivity index (χ3n) is 5.46. The monoisotopic (exact) mass is 224 g/mol. The minimum atomic E-state index is 0.672. The minimum Gasteiger partial charge on any atom is -0.0654 e. The van der Waals surface area contributed by atoms with Gasteiger partial charge in [0.05, 0.1) is 0 Å². The molecule has 0 saturated heterocycles. The van der Waals surface area contributed by atoms with Crippen LogP contribution < -0.4 is 0 Å². The van der Waals surface area contributed by atoms with E-state index in [9.17, 15) is 0 Å². The first-order chi connectivity index (χ1) is 7.61. The highest BCUT2D eigenvalue weighted by atomic mass is 14.6. The summed E-state index contributed by atoms with van der Waals surface area (Å²) in [5.74, 6) is 3.01. The highest BCUT2D eigenvalue weighted by Gasteiger charge is 2.53. The van der Waals surface area contributed by atoms with E-state index in [-0.39, 0.29) is 0 Å². The molecule has 0 heterocycles. The van der Waals surface area contributed by atoms with Gasteiger partial charge in [-0.2, -0.15) is 0 Å². The minimum absolute atomic E-state index is 0.672. The summed E-state index contributed by atoms with van der Waals surface area (Å²) in [5.41, 5.74) is 0.672. The van der Waals surface area contributed by atoms with Crippen molar-refractivity contribution in [3.05, 3.63) is 0 Å². The standard InChI is InChI=1S/C16H32/c1-6-9-11-15-14(8-3)13(4)16(15,5)12-10-7-2/h13-15H,6-12H2,1-5H3. The molecule has 0 amide bonds. The van der Waals surface area contributed by atoms with Crippen LogP contribution in [0.15, 0.2) is 0 Å². The lowest BCUT2D eigenvalue weighted by Gasteiger charge is -2.60. The number of unbranched alkanes of at least 4 members (excludes halogenated alkanes) is 2. The quantitative estimate of drug-likeness (QED) is 0.523. The maximum atomic E-state index is 2.57. The predicted molar refractivity (Wildman–Crippen MR) is 73.6 cm³/mol. The molecular weight excluding hydrogens is 192 g/mol. The van der Waals surface area contributed by atoms with Crippen LogP contribution in [0.1, 0.15) is 79.6 Å². The third-order valence-corrected chi connectivity index (χ3v) is 5.46. The van der Waals surface area contributed by atoms with Crippen molar-refractivity contribution in [3.63, 3.8) is 0 Å². The number of hydrogen-bond acceptors (Lipinski definition) is 0. The van der Waals surface area contributed by atoms with Crippen LogP contribution in [0.25, 0.3) is 0 Å². The third kappa shape index (κ3) is 2.46. The summed E-state index contributed by atoms with van der Waals surface area (Å²) in [6, 6.07) is 0. The fourth-order valence-corrected chi connectivity index (χ4v) is 4.12. The van der Waals surface area contributed by atoms with Gasteiger partial charge < -0.3 is 0 Å². The van der Waals surface area contributed by atoms with Crippen molar-refractivity contribution in [2.75, 3.05) is 0 Å². The van der Waals surface area contributed by atoms with Crippen LogP contribution in [0.2, 0.25) is 0 Å². The molecule has 1 saturated carbocycles. The van der Waals surface area contributed by atoms with Crippen LogP contribution in [0.4, 0.5) is 0 Å². The lowest BCUT2D eigenvalue weighted by molar-refractivity contribution is -0.114. The molecule has 0 N–H and O–H groups in total. The summed E-state index contributed by atoms with van der Waals surface area (Å²) in [4.78, 5) is 0. The predicted octanol–water partition coefficient (Wildman–Crippen LogP) is 5.67. The van der Waals surface area contributed by atoms with Crippen molar-refractivity contribution < 1.29 is 0 Å². The van der Waals surface area contributed by atoms with E-state index in [1.165, 1.54) is 44.9 Å². The Balaban J connectivity index is 2.58. The molecule has 0 heteroatoms. The average molecular weight is 224 g/mol. The Hall–Kier alpha value is 0. The largest absolute Gasteiger partial charge is 0.0654 e. The number of hydrogen-bond donors (Lipinski definition) is 0. The normalized spacial score (nSPS) is 38.4. The molecule has 0 spiro atoms. The first-order valence-corrected chi connectivity index (χ1v) is 7.61. The van der Waals surface area contributed by atoms with E-state index in [1.54, 1.807) is 0 Å². The number of rotatable bonds is 7. The lowest BCUT2D eigenvalue weighted by Crippen LogP contribution is -2.53. The molecule has 0 aromatic heterocycles. The fraction of sp³-hybridized carbons (Fsp3) is 1.00. The summed E-state index contributed by atoms with van der Waals surface area (Å²) < 4.78 is 0. The highest BCUT2D eigenvalue weighted by molar-refractivity contribution is 5.02. The first kappa shape index (κ1) is 14.1. The zero-order valence-corrected chi connectivity index (χ0v) is 12.2. The Labute approximate surface area is 103 Å². The Morgan fingerprint density at radius 2 is 1.62 bits per heavy atom. The van der Waals surface area contributed by atoms with Gasteiger partial charge in [0.15, 0.2) is 0 Å². The van der Waals surface area contributed by atoms with Crippen molar-refractivity contribution >= 4 is 0 Å². The zero-order chi connectivity index (χ0) is 12.2. The second-order valence-corrected chi connectivity index (χ2v) is 6.22. The molecule has 0 aliphatic heterocycles. The van der Waals surface area contributed by atoms with Gasteiger partial charge >= 0.3 is 0 Å². The maximum Gasteiger partial charge on any atom is -0.0266 e. The first-order valence-electron chi connectivity index (χ1n) is 7.61. The molecule has 1 aliphatic rings. The molecule has 4 unspecified atom stereocenters. The van der Waals surface area contributed by atoms with Gasteiger partial charge in [0, 0.05) is 0 Å². The molecule has 0 aromatic rings. The molecule has 0 nitrogen and oxygen atoms in total. The van der Waals surface area contributed by atoms with Crippen molar-refractivity contribution in [2.45, 2.75) is 79.6 Å². The van der Waals surface area contributed by atoms with Crippen LogP contribution >= 0.6 is 0 Å². The lowest BCUT2D eigenvalue weighted by atomic mass is 9.45. The highest BCUT2D eigenvalue weighted by Crippen LogP contribution is 2.61. The van der Waals surface area contributed by atoms with Crippen LogP contribution in [0.5, 0.6) is 0 Å². The van der Waals surface area contributed by atoms with Gasteiger partial charge in [0.2, 0.25) is 0 Å². The van der Waals surface area contributed by atoms with Gasteiger partial charge in [-0.15, -0.1) is 0 Å². The molecule has 96 valence electrons. The Kier molecular flexibility index (Phi) is 5.34. The van der Waals surface area contributed by atoms with Crippen molar-refractivity contribution in [2.24, 2.45) is 23.2 Å². The second kappa shape index (κ2) is 6.07. The van der Waals surface area contributed by atoms with E-state index in [0.717, 1.165) is 17.8 Å². The molecule has 1 fully saturated rings.